The van der Waals surface area contributed by atoms with Crippen LogP contribution in [0.5, 0.6) is 5.75 Å². The van der Waals surface area contributed by atoms with Crippen LogP contribution in [0.3, 0.4) is 0 Å². The number of carbonyl (C=O) groups excluding carboxylic acids is 1. The topological polar surface area (TPSA) is 75.8 Å². The highest BCUT2D eigenvalue weighted by Crippen LogP contribution is 2.17. The summed E-state index contributed by atoms with van der Waals surface area (Å²) in [7, 11) is 0. The summed E-state index contributed by atoms with van der Waals surface area (Å²) in [6, 6.07) is 7.78. The van der Waals surface area contributed by atoms with E-state index in [4.69, 9.17) is 10.5 Å². The average molecular weight is 292 g/mol. The first-order valence-corrected chi connectivity index (χ1v) is 7.44. The number of aryl methyl sites for hydroxylation is 1. The molecule has 1 saturated heterocycles. The lowest BCUT2D eigenvalue weighted by Gasteiger charge is -2.31. The van der Waals surface area contributed by atoms with E-state index in [1.165, 1.54) is 0 Å². The van der Waals surface area contributed by atoms with Crippen LogP contribution in [0.15, 0.2) is 24.3 Å². The second-order valence-electron chi connectivity index (χ2n) is 5.76. The van der Waals surface area contributed by atoms with Gasteiger partial charge in [0.05, 0.1) is 0 Å². The van der Waals surface area contributed by atoms with E-state index in [9.17, 15) is 9.90 Å². The number of nitrogens with two attached hydrogens (primary N) is 1. The van der Waals surface area contributed by atoms with Gasteiger partial charge >= 0.3 is 0 Å². The monoisotopic (exact) mass is 292 g/mol. The summed E-state index contributed by atoms with van der Waals surface area (Å²) in [5, 5.41) is 10.0. The molecular weight excluding hydrogens is 268 g/mol. The van der Waals surface area contributed by atoms with Crippen LogP contribution in [0.2, 0.25) is 0 Å². The number of ether oxygens (including phenoxy) is 1. The summed E-state index contributed by atoms with van der Waals surface area (Å²) in [5.74, 6) is 0.557. The molecule has 1 heterocycles. The Labute approximate surface area is 125 Å². The lowest BCUT2D eigenvalue weighted by Crippen LogP contribution is -2.43. The van der Waals surface area contributed by atoms with E-state index >= 15 is 0 Å². The minimum Gasteiger partial charge on any atom is -0.491 e. The molecule has 21 heavy (non-hydrogen) atoms. The molecule has 0 unspecified atom stereocenters. The molecule has 2 rings (SSSR count). The van der Waals surface area contributed by atoms with E-state index in [1.54, 1.807) is 0 Å². The molecule has 3 N–H and O–H groups in total. The minimum absolute atomic E-state index is 0.0121. The quantitative estimate of drug-likeness (QED) is 0.818. The number of piperidine rings is 1. The minimum atomic E-state index is -0.532. The van der Waals surface area contributed by atoms with Crippen LogP contribution >= 0.6 is 0 Å². The molecule has 0 bridgehead atoms. The molecule has 1 fully saturated rings. The zero-order chi connectivity index (χ0) is 15.2. The van der Waals surface area contributed by atoms with E-state index in [0.29, 0.717) is 6.54 Å². The number of likely N-dealkylation sites (tertiary alicyclic amines) is 1. The van der Waals surface area contributed by atoms with Crippen LogP contribution in [0, 0.1) is 12.8 Å². The van der Waals surface area contributed by atoms with E-state index in [0.717, 1.165) is 37.2 Å². The Morgan fingerprint density at radius 3 is 2.81 bits per heavy atom. The number of benzene rings is 1. The van der Waals surface area contributed by atoms with Crippen LogP contribution < -0.4 is 10.5 Å². The third kappa shape index (κ3) is 5.02. The first kappa shape index (κ1) is 15.8. The lowest BCUT2D eigenvalue weighted by atomic mass is 9.96. The molecule has 5 nitrogen and oxygen atoms in total. The first-order valence-electron chi connectivity index (χ1n) is 7.44. The summed E-state index contributed by atoms with van der Waals surface area (Å²) in [4.78, 5) is 13.3. The molecule has 1 aromatic carbocycles. The zero-order valence-electron chi connectivity index (χ0n) is 12.5. The fourth-order valence-corrected chi connectivity index (χ4v) is 2.65. The van der Waals surface area contributed by atoms with Crippen LogP contribution in [0.25, 0.3) is 0 Å². The maximum atomic E-state index is 11.1. The van der Waals surface area contributed by atoms with Crippen molar-refractivity contribution in [2.24, 2.45) is 11.7 Å². The van der Waals surface area contributed by atoms with Gasteiger partial charge in [0.25, 0.3) is 0 Å². The van der Waals surface area contributed by atoms with Crippen molar-refractivity contribution in [3.05, 3.63) is 29.8 Å². The van der Waals surface area contributed by atoms with Crippen molar-refractivity contribution in [3.8, 4) is 5.75 Å². The van der Waals surface area contributed by atoms with Crippen LogP contribution in [-0.4, -0.2) is 48.3 Å². The summed E-state index contributed by atoms with van der Waals surface area (Å²) >= 11 is 0. The van der Waals surface area contributed by atoms with Crippen molar-refractivity contribution in [1.82, 2.24) is 4.90 Å². The predicted octanol–water partition coefficient (Wildman–Crippen LogP) is 0.932. The fourth-order valence-electron chi connectivity index (χ4n) is 2.65. The Kier molecular flexibility index (Phi) is 5.59. The van der Waals surface area contributed by atoms with E-state index in [1.807, 2.05) is 31.2 Å². The van der Waals surface area contributed by atoms with Crippen molar-refractivity contribution < 1.29 is 14.6 Å². The lowest BCUT2D eigenvalue weighted by molar-refractivity contribution is -0.123. The van der Waals surface area contributed by atoms with Crippen LogP contribution in [-0.2, 0) is 4.79 Å². The van der Waals surface area contributed by atoms with Gasteiger partial charge in [-0.1, -0.05) is 12.1 Å². The van der Waals surface area contributed by atoms with Gasteiger partial charge in [0.2, 0.25) is 5.91 Å². The molecule has 1 aliphatic rings. The number of aliphatic hydroxyl groups excluding tert-OH is 1. The number of aliphatic hydroxyl groups is 1. The number of carbonyl (C=O) groups is 1. The maximum Gasteiger partial charge on any atom is 0.220 e. The number of β-amino-alcohol motifs (C(OH)–C–C–N with tert-alkyl or cyclic N) is 1. The van der Waals surface area contributed by atoms with Crippen molar-refractivity contribution in [2.75, 3.05) is 26.2 Å². The van der Waals surface area contributed by atoms with E-state index in [-0.39, 0.29) is 18.4 Å². The Balaban J connectivity index is 1.70. The normalized spacial score (nSPS) is 18.4. The molecule has 1 aromatic rings. The van der Waals surface area contributed by atoms with Crippen molar-refractivity contribution in [1.29, 1.82) is 0 Å². The highest BCUT2D eigenvalue weighted by atomic mass is 16.5. The molecule has 116 valence electrons. The Morgan fingerprint density at radius 1 is 1.48 bits per heavy atom. The fraction of sp³-hybridized carbons (Fsp3) is 0.562. The van der Waals surface area contributed by atoms with Gasteiger partial charge < -0.3 is 20.5 Å². The molecule has 1 atom stereocenters. The summed E-state index contributed by atoms with van der Waals surface area (Å²) < 4.78 is 5.60. The highest BCUT2D eigenvalue weighted by Gasteiger charge is 2.24. The standard InChI is InChI=1S/C16H24N2O3/c1-12-3-2-4-15(9-12)21-11-14(19)10-18-7-5-13(6-8-18)16(17)20/h2-4,9,13-14,19H,5-8,10-11H2,1H3,(H2,17,20)/t14-/m0/s1. The second kappa shape index (κ2) is 7.43. The predicted molar refractivity (Wildman–Crippen MR) is 81.0 cm³/mol. The maximum absolute atomic E-state index is 11.1. The average Bonchev–Trinajstić information content (AvgIpc) is 2.46. The third-order valence-electron chi connectivity index (χ3n) is 3.89. The van der Waals surface area contributed by atoms with E-state index in [2.05, 4.69) is 4.90 Å². The van der Waals surface area contributed by atoms with Gasteiger partial charge in [-0.05, 0) is 50.6 Å². The molecule has 0 radical (unpaired) electrons. The molecule has 1 amide bonds. The van der Waals surface area contributed by atoms with E-state index < -0.39 is 6.10 Å². The highest BCUT2D eigenvalue weighted by molar-refractivity contribution is 5.76. The number of rotatable bonds is 6. The van der Waals surface area contributed by atoms with Gasteiger partial charge in [0.1, 0.15) is 18.5 Å². The smallest absolute Gasteiger partial charge is 0.220 e. The number of nitrogens with zero attached hydrogens (tertiary/aromatic N) is 1. The van der Waals surface area contributed by atoms with Gasteiger partial charge in [-0.3, -0.25) is 4.79 Å². The van der Waals surface area contributed by atoms with Crippen molar-refractivity contribution >= 4 is 5.91 Å². The summed E-state index contributed by atoms with van der Waals surface area (Å²) in [6.07, 6.45) is 1.03. The first-order chi connectivity index (χ1) is 10.0. The molecule has 5 heteroatoms. The van der Waals surface area contributed by atoms with Crippen molar-refractivity contribution in [3.63, 3.8) is 0 Å². The number of amides is 1. The Hall–Kier alpha value is -1.59. The molecule has 0 saturated carbocycles. The third-order valence-corrected chi connectivity index (χ3v) is 3.89. The zero-order valence-corrected chi connectivity index (χ0v) is 12.5. The SMILES string of the molecule is Cc1cccc(OC[C@@H](O)CN2CCC(C(N)=O)CC2)c1. The van der Waals surface area contributed by atoms with Gasteiger partial charge in [0.15, 0.2) is 0 Å². The van der Waals surface area contributed by atoms with Gasteiger partial charge in [-0.25, -0.2) is 0 Å². The number of hydrogen-bond donors (Lipinski definition) is 2. The molecule has 0 spiro atoms. The largest absolute Gasteiger partial charge is 0.491 e. The number of primary amides is 1. The second-order valence-corrected chi connectivity index (χ2v) is 5.76. The van der Waals surface area contributed by atoms with Crippen LogP contribution in [0.1, 0.15) is 18.4 Å². The number of hydrogen-bond acceptors (Lipinski definition) is 4. The van der Waals surface area contributed by atoms with Gasteiger partial charge in [-0.2, -0.15) is 0 Å². The molecule has 1 aliphatic heterocycles. The molecule has 0 aliphatic carbocycles. The Morgan fingerprint density at radius 2 is 2.19 bits per heavy atom. The summed E-state index contributed by atoms with van der Waals surface area (Å²) in [6.45, 7) is 4.45. The molecular formula is C16H24N2O3. The van der Waals surface area contributed by atoms with Crippen molar-refractivity contribution in [2.45, 2.75) is 25.9 Å². The van der Waals surface area contributed by atoms with Crippen LogP contribution in [0.4, 0.5) is 0 Å². The van der Waals surface area contributed by atoms with Gasteiger partial charge in [-0.15, -0.1) is 0 Å². The Bertz CT molecular complexity index is 470. The summed E-state index contributed by atoms with van der Waals surface area (Å²) in [5.41, 5.74) is 6.45. The molecule has 0 aromatic heterocycles. The van der Waals surface area contributed by atoms with Gasteiger partial charge in [0, 0.05) is 12.5 Å².